The summed E-state index contributed by atoms with van der Waals surface area (Å²) in [5, 5.41) is 14.1. The van der Waals surface area contributed by atoms with Gasteiger partial charge in [-0.2, -0.15) is 5.10 Å². The lowest BCUT2D eigenvalue weighted by molar-refractivity contribution is 0.499. The molecule has 2 aromatic heterocycles. The molecule has 2 heterocycles. The maximum atomic E-state index is 4.82. The molecule has 6 heteroatoms. The van der Waals surface area contributed by atoms with Gasteiger partial charge in [-0.05, 0) is 50.6 Å². The Morgan fingerprint density at radius 1 is 1.28 bits per heavy atom. The number of guanidine groups is 1. The number of hydrogen-bond acceptors (Lipinski definition) is 3. The quantitative estimate of drug-likeness (QED) is 0.516. The van der Waals surface area contributed by atoms with Crippen LogP contribution in [0.1, 0.15) is 50.2 Å². The summed E-state index contributed by atoms with van der Waals surface area (Å²) in [7, 11) is 0. The Morgan fingerprint density at radius 3 is 2.97 bits per heavy atom. The van der Waals surface area contributed by atoms with Crippen LogP contribution in [-0.2, 0) is 19.4 Å². The standard InChI is InChI=1S/C23H30N6/c1-4-24-23(26-14-22-20-8-6-5-7-17(20)11-12-25-22)27-19-10-9-18-15-29(16(2)3)28-21(18)13-19/h5-8,11-12,15-16,19H,4,9-10,13-14H2,1-3H3,(H2,24,26,27). The van der Waals surface area contributed by atoms with Gasteiger partial charge in [0, 0.05) is 42.8 Å². The lowest BCUT2D eigenvalue weighted by atomic mass is 9.94. The molecule has 0 radical (unpaired) electrons. The van der Waals surface area contributed by atoms with E-state index in [0.717, 1.165) is 42.8 Å². The van der Waals surface area contributed by atoms with Crippen LogP contribution in [0.4, 0.5) is 0 Å². The lowest BCUT2D eigenvalue weighted by Crippen LogP contribution is -2.45. The lowest BCUT2D eigenvalue weighted by Gasteiger charge is -2.24. The number of pyridine rings is 1. The highest BCUT2D eigenvalue weighted by molar-refractivity contribution is 5.85. The van der Waals surface area contributed by atoms with E-state index in [2.05, 4.69) is 71.5 Å². The van der Waals surface area contributed by atoms with Gasteiger partial charge in [0.15, 0.2) is 5.96 Å². The average Bonchev–Trinajstić information content (AvgIpc) is 3.16. The number of aromatic nitrogens is 3. The van der Waals surface area contributed by atoms with Gasteiger partial charge in [-0.3, -0.25) is 9.67 Å². The van der Waals surface area contributed by atoms with E-state index in [-0.39, 0.29) is 0 Å². The highest BCUT2D eigenvalue weighted by Crippen LogP contribution is 2.22. The minimum Gasteiger partial charge on any atom is -0.357 e. The fourth-order valence-electron chi connectivity index (χ4n) is 3.88. The minimum atomic E-state index is 0.344. The van der Waals surface area contributed by atoms with Crippen molar-refractivity contribution in [2.24, 2.45) is 4.99 Å². The van der Waals surface area contributed by atoms with Crippen LogP contribution in [-0.4, -0.2) is 33.3 Å². The van der Waals surface area contributed by atoms with E-state index in [9.17, 15) is 0 Å². The van der Waals surface area contributed by atoms with Crippen molar-refractivity contribution in [1.82, 2.24) is 25.4 Å². The molecule has 6 nitrogen and oxygen atoms in total. The van der Waals surface area contributed by atoms with Crippen molar-refractivity contribution in [2.45, 2.75) is 58.7 Å². The predicted octanol–water partition coefficient (Wildman–Crippen LogP) is 3.62. The number of benzene rings is 1. The van der Waals surface area contributed by atoms with Crippen LogP contribution < -0.4 is 10.6 Å². The summed E-state index contributed by atoms with van der Waals surface area (Å²) in [4.78, 5) is 9.38. The maximum absolute atomic E-state index is 4.82. The van der Waals surface area contributed by atoms with Gasteiger partial charge in [-0.25, -0.2) is 4.99 Å². The van der Waals surface area contributed by atoms with Crippen LogP contribution in [0.15, 0.2) is 47.7 Å². The Kier molecular flexibility index (Phi) is 5.79. The molecule has 0 fully saturated rings. The molecule has 1 aliphatic carbocycles. The van der Waals surface area contributed by atoms with Crippen molar-refractivity contribution in [2.75, 3.05) is 6.54 Å². The zero-order valence-corrected chi connectivity index (χ0v) is 17.5. The molecule has 1 unspecified atom stereocenters. The van der Waals surface area contributed by atoms with Crippen molar-refractivity contribution >= 4 is 16.7 Å². The molecule has 0 aliphatic heterocycles. The summed E-state index contributed by atoms with van der Waals surface area (Å²) in [6.07, 6.45) is 7.16. The molecule has 4 rings (SSSR count). The molecular formula is C23H30N6. The topological polar surface area (TPSA) is 67.1 Å². The highest BCUT2D eigenvalue weighted by atomic mass is 15.3. The first-order valence-corrected chi connectivity index (χ1v) is 10.6. The second-order valence-corrected chi connectivity index (χ2v) is 7.93. The number of rotatable bonds is 5. The smallest absolute Gasteiger partial charge is 0.191 e. The van der Waals surface area contributed by atoms with Gasteiger partial charge >= 0.3 is 0 Å². The van der Waals surface area contributed by atoms with Crippen molar-refractivity contribution in [3.63, 3.8) is 0 Å². The van der Waals surface area contributed by atoms with E-state index < -0.39 is 0 Å². The van der Waals surface area contributed by atoms with Gasteiger partial charge in [-0.15, -0.1) is 0 Å². The first-order chi connectivity index (χ1) is 14.1. The summed E-state index contributed by atoms with van der Waals surface area (Å²) in [5.41, 5.74) is 3.61. The van der Waals surface area contributed by atoms with Gasteiger partial charge in [0.25, 0.3) is 0 Å². The minimum absolute atomic E-state index is 0.344. The maximum Gasteiger partial charge on any atom is 0.191 e. The molecule has 0 spiro atoms. The molecule has 0 amide bonds. The third-order valence-electron chi connectivity index (χ3n) is 5.45. The molecule has 0 saturated carbocycles. The van der Waals surface area contributed by atoms with E-state index in [0.29, 0.717) is 18.6 Å². The molecular weight excluding hydrogens is 360 g/mol. The average molecular weight is 391 g/mol. The molecule has 152 valence electrons. The van der Waals surface area contributed by atoms with Crippen LogP contribution in [0.25, 0.3) is 10.8 Å². The number of aryl methyl sites for hydroxylation is 1. The monoisotopic (exact) mass is 390 g/mol. The van der Waals surface area contributed by atoms with Crippen molar-refractivity contribution in [3.05, 3.63) is 59.7 Å². The number of fused-ring (bicyclic) bond motifs is 2. The molecule has 3 aromatic rings. The number of aliphatic imine (C=N–C) groups is 1. The number of nitrogens with one attached hydrogen (secondary N) is 2. The van der Waals surface area contributed by atoms with Crippen LogP contribution in [0.5, 0.6) is 0 Å². The van der Waals surface area contributed by atoms with Crippen molar-refractivity contribution < 1.29 is 0 Å². The SMILES string of the molecule is CCNC(=NCc1nccc2ccccc12)NC1CCc2cn(C(C)C)nc2C1. The molecule has 2 N–H and O–H groups in total. The first kappa shape index (κ1) is 19.4. The predicted molar refractivity (Wildman–Crippen MR) is 118 cm³/mol. The molecule has 29 heavy (non-hydrogen) atoms. The number of nitrogens with zero attached hydrogens (tertiary/aromatic N) is 4. The van der Waals surface area contributed by atoms with E-state index in [1.807, 2.05) is 12.3 Å². The Bertz CT molecular complexity index is 998. The number of hydrogen-bond donors (Lipinski definition) is 2. The summed E-state index contributed by atoms with van der Waals surface area (Å²) < 4.78 is 2.08. The summed E-state index contributed by atoms with van der Waals surface area (Å²) in [5.74, 6) is 0.846. The Morgan fingerprint density at radius 2 is 2.14 bits per heavy atom. The van der Waals surface area contributed by atoms with Gasteiger partial charge < -0.3 is 10.6 Å². The first-order valence-electron chi connectivity index (χ1n) is 10.6. The van der Waals surface area contributed by atoms with E-state index >= 15 is 0 Å². The zero-order valence-electron chi connectivity index (χ0n) is 17.5. The second kappa shape index (κ2) is 8.64. The van der Waals surface area contributed by atoms with Crippen molar-refractivity contribution in [1.29, 1.82) is 0 Å². The summed E-state index contributed by atoms with van der Waals surface area (Å²) >= 11 is 0. The normalized spacial score (nSPS) is 16.8. The second-order valence-electron chi connectivity index (χ2n) is 7.93. The Balaban J connectivity index is 1.47. The van der Waals surface area contributed by atoms with Gasteiger partial charge in [0.05, 0.1) is 17.9 Å². The van der Waals surface area contributed by atoms with Crippen LogP contribution >= 0.6 is 0 Å². The third kappa shape index (κ3) is 4.42. The Labute approximate surface area is 172 Å². The van der Waals surface area contributed by atoms with E-state index in [4.69, 9.17) is 10.1 Å². The fourth-order valence-corrected chi connectivity index (χ4v) is 3.88. The van der Waals surface area contributed by atoms with Crippen LogP contribution in [0.3, 0.4) is 0 Å². The Hall–Kier alpha value is -2.89. The zero-order chi connectivity index (χ0) is 20.2. The van der Waals surface area contributed by atoms with Crippen LogP contribution in [0.2, 0.25) is 0 Å². The fraction of sp³-hybridized carbons (Fsp3) is 0.435. The van der Waals surface area contributed by atoms with E-state index in [1.54, 1.807) is 0 Å². The van der Waals surface area contributed by atoms with Crippen LogP contribution in [0, 0.1) is 0 Å². The van der Waals surface area contributed by atoms with Gasteiger partial charge in [0.2, 0.25) is 0 Å². The third-order valence-corrected chi connectivity index (χ3v) is 5.45. The van der Waals surface area contributed by atoms with Gasteiger partial charge in [-0.1, -0.05) is 24.3 Å². The largest absolute Gasteiger partial charge is 0.357 e. The molecule has 0 bridgehead atoms. The van der Waals surface area contributed by atoms with Gasteiger partial charge in [0.1, 0.15) is 0 Å². The summed E-state index contributed by atoms with van der Waals surface area (Å²) in [6, 6.07) is 11.1. The van der Waals surface area contributed by atoms with E-state index in [1.165, 1.54) is 16.6 Å². The highest BCUT2D eigenvalue weighted by Gasteiger charge is 2.23. The summed E-state index contributed by atoms with van der Waals surface area (Å²) in [6.45, 7) is 7.82. The molecule has 1 aliphatic rings. The van der Waals surface area contributed by atoms with Crippen molar-refractivity contribution in [3.8, 4) is 0 Å². The molecule has 0 saturated heterocycles. The molecule has 1 aromatic carbocycles. The molecule has 1 atom stereocenters.